The highest BCUT2D eigenvalue weighted by atomic mass is 16.5. The van der Waals surface area contributed by atoms with Crippen LogP contribution in [0.4, 0.5) is 0 Å². The third kappa shape index (κ3) is 2.82. The maximum atomic E-state index is 10.2. The van der Waals surface area contributed by atoms with Crippen molar-refractivity contribution < 1.29 is 9.53 Å². The number of hydrogen-bond donors (Lipinski definition) is 1. The van der Waals surface area contributed by atoms with Gasteiger partial charge in [0.15, 0.2) is 0 Å². The SMILES string of the molecule is CC.COCC1CC(=O)N1. The molecule has 1 heterocycles. The lowest BCUT2D eigenvalue weighted by Gasteiger charge is -2.25. The van der Waals surface area contributed by atoms with Crippen LogP contribution in [0.3, 0.4) is 0 Å². The molecule has 0 aliphatic carbocycles. The number of ether oxygens (including phenoxy) is 1. The zero-order valence-corrected chi connectivity index (χ0v) is 6.81. The molecule has 1 unspecified atom stereocenters. The maximum absolute atomic E-state index is 10.2. The molecule has 1 atom stereocenters. The summed E-state index contributed by atoms with van der Waals surface area (Å²) in [6.07, 6.45) is 0.633. The van der Waals surface area contributed by atoms with Gasteiger partial charge >= 0.3 is 0 Å². The third-order valence-electron chi connectivity index (χ3n) is 1.16. The molecule has 0 aromatic rings. The van der Waals surface area contributed by atoms with E-state index >= 15 is 0 Å². The van der Waals surface area contributed by atoms with Gasteiger partial charge in [-0.25, -0.2) is 0 Å². The molecule has 10 heavy (non-hydrogen) atoms. The van der Waals surface area contributed by atoms with E-state index in [-0.39, 0.29) is 11.9 Å². The van der Waals surface area contributed by atoms with Gasteiger partial charge in [0.05, 0.1) is 12.6 Å². The molecule has 1 saturated heterocycles. The molecule has 3 heteroatoms. The number of carbonyl (C=O) groups is 1. The number of hydrogen-bond acceptors (Lipinski definition) is 2. The van der Waals surface area contributed by atoms with Gasteiger partial charge in [0.2, 0.25) is 5.91 Å². The van der Waals surface area contributed by atoms with Gasteiger partial charge in [-0.3, -0.25) is 4.79 Å². The van der Waals surface area contributed by atoms with Crippen molar-refractivity contribution in [2.45, 2.75) is 26.3 Å². The van der Waals surface area contributed by atoms with Crippen LogP contribution in [0.1, 0.15) is 20.3 Å². The van der Waals surface area contributed by atoms with Crippen molar-refractivity contribution >= 4 is 5.91 Å². The summed E-state index contributed by atoms with van der Waals surface area (Å²) in [6.45, 7) is 4.64. The second-order valence-corrected chi connectivity index (χ2v) is 1.92. The van der Waals surface area contributed by atoms with E-state index in [1.165, 1.54) is 0 Å². The van der Waals surface area contributed by atoms with E-state index in [0.717, 1.165) is 0 Å². The van der Waals surface area contributed by atoms with Crippen molar-refractivity contribution in [3.8, 4) is 0 Å². The summed E-state index contributed by atoms with van der Waals surface area (Å²) in [4.78, 5) is 10.2. The van der Waals surface area contributed by atoms with Crippen LogP contribution in [0.5, 0.6) is 0 Å². The molecule has 1 aliphatic heterocycles. The lowest BCUT2D eigenvalue weighted by Crippen LogP contribution is -2.50. The first kappa shape index (κ1) is 9.43. The molecule has 0 spiro atoms. The van der Waals surface area contributed by atoms with Crippen LogP contribution in [0.25, 0.3) is 0 Å². The molecule has 1 N–H and O–H groups in total. The fourth-order valence-electron chi connectivity index (χ4n) is 0.732. The highest BCUT2D eigenvalue weighted by molar-refractivity contribution is 5.82. The van der Waals surface area contributed by atoms with Gasteiger partial charge in [-0.2, -0.15) is 0 Å². The number of methoxy groups -OCH3 is 1. The normalized spacial score (nSPS) is 21.9. The highest BCUT2D eigenvalue weighted by Crippen LogP contribution is 2.02. The average Bonchev–Trinajstić information content (AvgIpc) is 1.90. The number of nitrogens with one attached hydrogen (secondary N) is 1. The van der Waals surface area contributed by atoms with Gasteiger partial charge in [-0.1, -0.05) is 13.8 Å². The maximum Gasteiger partial charge on any atom is 0.222 e. The van der Waals surface area contributed by atoms with E-state index in [4.69, 9.17) is 4.74 Å². The average molecular weight is 145 g/mol. The van der Waals surface area contributed by atoms with Crippen molar-refractivity contribution in [2.75, 3.05) is 13.7 Å². The molecular weight excluding hydrogens is 130 g/mol. The quantitative estimate of drug-likeness (QED) is 0.576. The van der Waals surface area contributed by atoms with Gasteiger partial charge < -0.3 is 10.1 Å². The molecule has 1 rings (SSSR count). The second kappa shape index (κ2) is 5.23. The van der Waals surface area contributed by atoms with Gasteiger partial charge in [0.25, 0.3) is 0 Å². The molecule has 1 amide bonds. The molecule has 0 bridgehead atoms. The van der Waals surface area contributed by atoms with Gasteiger partial charge in [0, 0.05) is 13.5 Å². The van der Waals surface area contributed by atoms with Crippen LogP contribution in [0, 0.1) is 0 Å². The van der Waals surface area contributed by atoms with E-state index < -0.39 is 0 Å². The first-order valence-electron chi connectivity index (χ1n) is 3.61. The largest absolute Gasteiger partial charge is 0.383 e. The molecule has 0 aromatic heterocycles. The monoisotopic (exact) mass is 145 g/mol. The zero-order valence-electron chi connectivity index (χ0n) is 6.81. The minimum atomic E-state index is 0.132. The van der Waals surface area contributed by atoms with E-state index in [1.54, 1.807) is 7.11 Å². The second-order valence-electron chi connectivity index (χ2n) is 1.92. The molecule has 1 aliphatic rings. The predicted molar refractivity (Wildman–Crippen MR) is 39.8 cm³/mol. The van der Waals surface area contributed by atoms with Crippen LogP contribution in [-0.4, -0.2) is 25.7 Å². The van der Waals surface area contributed by atoms with E-state index in [9.17, 15) is 4.79 Å². The Labute approximate surface area is 61.8 Å². The van der Waals surface area contributed by atoms with Crippen LogP contribution in [0.15, 0.2) is 0 Å². The topological polar surface area (TPSA) is 38.3 Å². The summed E-state index contributed by atoms with van der Waals surface area (Å²) in [7, 11) is 1.63. The lowest BCUT2D eigenvalue weighted by atomic mass is 10.1. The summed E-state index contributed by atoms with van der Waals surface area (Å²) in [5.41, 5.74) is 0. The Morgan fingerprint density at radius 2 is 2.20 bits per heavy atom. The molecule has 3 nitrogen and oxygen atoms in total. The van der Waals surface area contributed by atoms with Crippen molar-refractivity contribution in [3.63, 3.8) is 0 Å². The molecular formula is C7H15NO2. The first-order valence-corrected chi connectivity index (χ1v) is 3.61. The third-order valence-corrected chi connectivity index (χ3v) is 1.16. The Bertz CT molecular complexity index is 95.8. The van der Waals surface area contributed by atoms with Gasteiger partial charge in [0.1, 0.15) is 0 Å². The first-order chi connectivity index (χ1) is 4.83. The van der Waals surface area contributed by atoms with E-state index in [2.05, 4.69) is 5.32 Å². The van der Waals surface area contributed by atoms with Crippen molar-refractivity contribution in [1.29, 1.82) is 0 Å². The molecule has 0 radical (unpaired) electrons. The fraction of sp³-hybridized carbons (Fsp3) is 0.857. The minimum Gasteiger partial charge on any atom is -0.383 e. The van der Waals surface area contributed by atoms with Crippen LogP contribution < -0.4 is 5.32 Å². The number of amides is 1. The Morgan fingerprint density at radius 1 is 1.70 bits per heavy atom. The van der Waals surface area contributed by atoms with E-state index in [1.807, 2.05) is 13.8 Å². The Balaban J connectivity index is 0.000000371. The number of β-lactam (4-membered cyclic amide) rings is 1. The van der Waals surface area contributed by atoms with Crippen LogP contribution in [0.2, 0.25) is 0 Å². The van der Waals surface area contributed by atoms with Crippen molar-refractivity contribution in [3.05, 3.63) is 0 Å². The summed E-state index contributed by atoms with van der Waals surface area (Å²) in [5, 5.41) is 2.68. The van der Waals surface area contributed by atoms with Crippen LogP contribution >= 0.6 is 0 Å². The van der Waals surface area contributed by atoms with E-state index in [0.29, 0.717) is 13.0 Å². The molecule has 0 saturated carbocycles. The Kier molecular flexibility index (Phi) is 4.94. The Hall–Kier alpha value is -0.570. The minimum absolute atomic E-state index is 0.132. The number of carbonyl (C=O) groups excluding carboxylic acids is 1. The predicted octanol–water partition coefficient (Wildman–Crippen LogP) is 0.547. The fourth-order valence-corrected chi connectivity index (χ4v) is 0.732. The summed E-state index contributed by atoms with van der Waals surface area (Å²) in [5.74, 6) is 0.132. The van der Waals surface area contributed by atoms with Crippen LogP contribution in [-0.2, 0) is 9.53 Å². The van der Waals surface area contributed by atoms with Gasteiger partial charge in [-0.15, -0.1) is 0 Å². The summed E-state index contributed by atoms with van der Waals surface area (Å²) >= 11 is 0. The summed E-state index contributed by atoms with van der Waals surface area (Å²) < 4.78 is 4.78. The zero-order chi connectivity index (χ0) is 7.98. The Morgan fingerprint density at radius 3 is 2.50 bits per heavy atom. The molecule has 60 valence electrons. The standard InChI is InChI=1S/C5H9NO2.C2H6/c1-8-3-4-2-5(7)6-4;1-2/h4H,2-3H2,1H3,(H,6,7);1-2H3. The van der Waals surface area contributed by atoms with Crippen molar-refractivity contribution in [2.24, 2.45) is 0 Å². The number of rotatable bonds is 2. The summed E-state index contributed by atoms with van der Waals surface area (Å²) in [6, 6.07) is 0.285. The lowest BCUT2D eigenvalue weighted by molar-refractivity contribution is -0.129. The van der Waals surface area contributed by atoms with Gasteiger partial charge in [-0.05, 0) is 0 Å². The molecule has 1 fully saturated rings. The van der Waals surface area contributed by atoms with Crippen molar-refractivity contribution in [1.82, 2.24) is 5.32 Å². The molecule has 0 aromatic carbocycles. The smallest absolute Gasteiger partial charge is 0.222 e. The highest BCUT2D eigenvalue weighted by Gasteiger charge is 2.24.